The molecule has 0 unspecified atom stereocenters. The predicted molar refractivity (Wildman–Crippen MR) is 145 cm³/mol. The Kier molecular flexibility index (Phi) is 9.88. The lowest BCUT2D eigenvalue weighted by atomic mass is 9.78. The fraction of sp³-hybridized carbons (Fsp3) is 0.846. The van der Waals surface area contributed by atoms with Crippen molar-refractivity contribution in [1.82, 2.24) is 4.57 Å². The van der Waals surface area contributed by atoms with Crippen LogP contribution in [0, 0.1) is 11.8 Å². The molecule has 1 aliphatic rings. The van der Waals surface area contributed by atoms with Crippen LogP contribution in [0.2, 0.25) is 36.3 Å². The number of ether oxygens (including phenoxy) is 2. The maximum absolute atomic E-state index is 13.7. The van der Waals surface area contributed by atoms with Crippen molar-refractivity contribution < 1.29 is 23.5 Å². The van der Waals surface area contributed by atoms with Gasteiger partial charge in [-0.15, -0.1) is 0 Å². The van der Waals surface area contributed by atoms with E-state index >= 15 is 0 Å². The van der Waals surface area contributed by atoms with Gasteiger partial charge in [-0.05, 0) is 55.9 Å². The first-order chi connectivity index (χ1) is 15.2. The van der Waals surface area contributed by atoms with Crippen LogP contribution in [0.15, 0.2) is 11.8 Å². The van der Waals surface area contributed by atoms with E-state index in [4.69, 9.17) is 13.9 Å². The Bertz CT molecular complexity index is 764. The summed E-state index contributed by atoms with van der Waals surface area (Å²) in [7, 11) is -4.21. The van der Waals surface area contributed by atoms with Gasteiger partial charge in [0.2, 0.25) is 11.7 Å². The second-order valence-corrected chi connectivity index (χ2v) is 22.5. The van der Waals surface area contributed by atoms with Crippen molar-refractivity contribution in [3.05, 3.63) is 11.8 Å². The highest BCUT2D eigenvalue weighted by Crippen LogP contribution is 2.49. The minimum atomic E-state index is -2.15. The highest BCUT2D eigenvalue weighted by molar-refractivity contribution is 6.80. The molecule has 0 bridgehead atoms. The lowest BCUT2D eigenvalue weighted by molar-refractivity contribution is -0.156. The molecule has 6 nitrogen and oxygen atoms in total. The molecule has 1 fully saturated rings. The topological polar surface area (TPSA) is 65.1 Å². The molecule has 1 aliphatic heterocycles. The maximum atomic E-state index is 13.7. The number of esters is 1. The number of rotatable bonds is 10. The average Bonchev–Trinajstić information content (AvgIpc) is 2.63. The van der Waals surface area contributed by atoms with Crippen molar-refractivity contribution in [3.8, 4) is 0 Å². The van der Waals surface area contributed by atoms with Gasteiger partial charge in [0.05, 0.1) is 25.2 Å². The first kappa shape index (κ1) is 30.9. The monoisotopic (exact) mass is 513 g/mol. The zero-order valence-electron chi connectivity index (χ0n) is 24.3. The van der Waals surface area contributed by atoms with Gasteiger partial charge in [0, 0.05) is 6.04 Å². The largest absolute Gasteiger partial charge is 0.487 e. The molecule has 0 spiro atoms. The van der Waals surface area contributed by atoms with E-state index in [-0.39, 0.29) is 52.3 Å². The first-order valence-corrected chi connectivity index (χ1v) is 18.6. The third kappa shape index (κ3) is 6.35. The van der Waals surface area contributed by atoms with Gasteiger partial charge in [-0.3, -0.25) is 4.79 Å². The zero-order valence-corrected chi connectivity index (χ0v) is 26.3. The van der Waals surface area contributed by atoms with Crippen LogP contribution in [-0.4, -0.2) is 58.4 Å². The SMILES string of the molecule is CCOC(=O)/C(=C/[C@H](C)[C@@H]1[C@@H]([C@@H](C)O[Si](C)(C)C(C)(C)C)C(=O)N1[Si](C)(C)C(C)(C)C)OCC. The molecule has 34 heavy (non-hydrogen) atoms. The molecular weight excluding hydrogens is 462 g/mol. The van der Waals surface area contributed by atoms with Crippen molar-refractivity contribution in [2.45, 2.75) is 118 Å². The van der Waals surface area contributed by atoms with E-state index in [1.165, 1.54) is 0 Å². The molecule has 1 amide bonds. The van der Waals surface area contributed by atoms with Gasteiger partial charge in [0.15, 0.2) is 16.6 Å². The first-order valence-electron chi connectivity index (χ1n) is 12.8. The molecule has 8 heteroatoms. The van der Waals surface area contributed by atoms with Crippen LogP contribution < -0.4 is 0 Å². The Morgan fingerprint density at radius 3 is 1.88 bits per heavy atom. The zero-order chi connectivity index (χ0) is 26.9. The van der Waals surface area contributed by atoms with E-state index in [2.05, 4.69) is 79.2 Å². The lowest BCUT2D eigenvalue weighted by Crippen LogP contribution is -2.76. The molecule has 1 rings (SSSR count). The quantitative estimate of drug-likeness (QED) is 0.112. The molecular formula is C26H51NO5Si2. The van der Waals surface area contributed by atoms with Crippen LogP contribution in [0.5, 0.6) is 0 Å². The van der Waals surface area contributed by atoms with Gasteiger partial charge in [-0.2, -0.15) is 0 Å². The Hall–Kier alpha value is -1.13. The molecule has 4 atom stereocenters. The molecule has 0 aliphatic carbocycles. The third-order valence-corrected chi connectivity index (χ3v) is 18.1. The van der Waals surface area contributed by atoms with E-state index in [9.17, 15) is 9.59 Å². The molecule has 198 valence electrons. The predicted octanol–water partition coefficient (Wildman–Crippen LogP) is 6.35. The minimum Gasteiger partial charge on any atom is -0.487 e. The molecule has 0 saturated carbocycles. The third-order valence-electron chi connectivity index (χ3n) is 8.15. The summed E-state index contributed by atoms with van der Waals surface area (Å²) < 4.78 is 19.7. The molecule has 0 aromatic rings. The number of nitrogens with zero attached hydrogens (tertiary/aromatic N) is 1. The van der Waals surface area contributed by atoms with E-state index in [1.54, 1.807) is 6.92 Å². The van der Waals surface area contributed by atoms with Crippen LogP contribution in [0.3, 0.4) is 0 Å². The van der Waals surface area contributed by atoms with Crippen molar-refractivity contribution in [3.63, 3.8) is 0 Å². The Morgan fingerprint density at radius 2 is 1.47 bits per heavy atom. The molecule has 0 N–H and O–H groups in total. The molecule has 0 radical (unpaired) electrons. The van der Waals surface area contributed by atoms with Crippen molar-refractivity contribution in [2.75, 3.05) is 13.2 Å². The lowest BCUT2D eigenvalue weighted by Gasteiger charge is -2.61. The summed E-state index contributed by atoms with van der Waals surface area (Å²) in [5, 5.41) is 0.0585. The number of carbonyl (C=O) groups excluding carboxylic acids is 2. The summed E-state index contributed by atoms with van der Waals surface area (Å²) in [5.41, 5.74) is 0. The summed E-state index contributed by atoms with van der Waals surface area (Å²) >= 11 is 0. The van der Waals surface area contributed by atoms with E-state index in [1.807, 2.05) is 19.9 Å². The number of hydrogen-bond donors (Lipinski definition) is 0. The maximum Gasteiger partial charge on any atom is 0.373 e. The highest BCUT2D eigenvalue weighted by Gasteiger charge is 2.60. The average molecular weight is 514 g/mol. The number of carbonyl (C=O) groups is 2. The van der Waals surface area contributed by atoms with E-state index < -0.39 is 22.5 Å². The van der Waals surface area contributed by atoms with E-state index in [0.717, 1.165) is 0 Å². The smallest absolute Gasteiger partial charge is 0.373 e. The molecule has 0 aromatic heterocycles. The second kappa shape index (κ2) is 10.9. The number of β-lactam (4-membered cyclic amide) rings is 1. The fourth-order valence-corrected chi connectivity index (χ4v) is 8.16. The van der Waals surface area contributed by atoms with Gasteiger partial charge in [-0.25, -0.2) is 4.79 Å². The van der Waals surface area contributed by atoms with Crippen molar-refractivity contribution in [2.24, 2.45) is 11.8 Å². The van der Waals surface area contributed by atoms with Crippen LogP contribution in [-0.2, 0) is 23.5 Å². The van der Waals surface area contributed by atoms with Gasteiger partial charge >= 0.3 is 5.97 Å². The molecule has 1 saturated heterocycles. The normalized spacial score (nSPS) is 22.2. The van der Waals surface area contributed by atoms with Crippen LogP contribution >= 0.6 is 0 Å². The second-order valence-electron chi connectivity index (χ2n) is 12.7. The Labute approximate surface area is 211 Å². The number of amides is 1. The summed E-state index contributed by atoms with van der Waals surface area (Å²) in [6, 6.07) is -0.0574. The molecule has 1 heterocycles. The van der Waals surface area contributed by atoms with Gasteiger partial charge < -0.3 is 18.5 Å². The van der Waals surface area contributed by atoms with Gasteiger partial charge in [0.25, 0.3) is 0 Å². The van der Waals surface area contributed by atoms with Gasteiger partial charge in [-0.1, -0.05) is 61.6 Å². The summed E-state index contributed by atoms with van der Waals surface area (Å²) in [6.45, 7) is 30.7. The van der Waals surface area contributed by atoms with Crippen LogP contribution in [0.4, 0.5) is 0 Å². The minimum absolute atomic E-state index is 0.00271. The highest BCUT2D eigenvalue weighted by atomic mass is 28.4. The summed E-state index contributed by atoms with van der Waals surface area (Å²) in [4.78, 5) is 26.3. The number of hydrogen-bond acceptors (Lipinski definition) is 5. The van der Waals surface area contributed by atoms with Crippen molar-refractivity contribution in [1.29, 1.82) is 0 Å². The summed E-state index contributed by atoms with van der Waals surface area (Å²) in [5.74, 6) is -0.393. The van der Waals surface area contributed by atoms with E-state index in [0.29, 0.717) is 6.61 Å². The van der Waals surface area contributed by atoms with Crippen LogP contribution in [0.25, 0.3) is 0 Å². The standard InChI is InChI=1S/C26H51NO5Si2/c1-15-30-20(24(29)31-16-2)17-18(3)22-21(19(4)32-34(13,14)26(8,9)10)23(28)27(22)33(11,12)25(5,6)7/h17-19,21-22H,15-16H2,1-14H3/b20-17-/t18-,19+,21+,22+/m0/s1. The van der Waals surface area contributed by atoms with Crippen LogP contribution in [0.1, 0.15) is 69.2 Å². The Balaban J connectivity index is 3.46. The Morgan fingerprint density at radius 1 is 0.971 bits per heavy atom. The fourth-order valence-electron chi connectivity index (χ4n) is 4.17. The summed E-state index contributed by atoms with van der Waals surface area (Å²) in [6.07, 6.45) is 1.65. The molecule has 0 aromatic carbocycles. The van der Waals surface area contributed by atoms with Crippen molar-refractivity contribution >= 4 is 28.4 Å². The van der Waals surface area contributed by atoms with Gasteiger partial charge in [0.1, 0.15) is 0 Å².